The van der Waals surface area contributed by atoms with E-state index in [1.165, 1.54) is 24.5 Å². The molecule has 1 saturated heterocycles. The number of carbonyl (C=O) groups is 1. The predicted molar refractivity (Wildman–Crippen MR) is 153 cm³/mol. The van der Waals surface area contributed by atoms with E-state index in [1.54, 1.807) is 23.2 Å². The van der Waals surface area contributed by atoms with Gasteiger partial charge in [0.1, 0.15) is 31.1 Å². The summed E-state index contributed by atoms with van der Waals surface area (Å²) in [6, 6.07) is 11.2. The van der Waals surface area contributed by atoms with Gasteiger partial charge in [0.15, 0.2) is 17.5 Å². The summed E-state index contributed by atoms with van der Waals surface area (Å²) >= 11 is 0. The van der Waals surface area contributed by atoms with Crippen molar-refractivity contribution >= 4 is 22.8 Å². The molecule has 1 unspecified atom stereocenters. The molecule has 7 rings (SSSR count). The summed E-state index contributed by atoms with van der Waals surface area (Å²) in [5.74, 6) is -2.65. The van der Waals surface area contributed by atoms with Gasteiger partial charge in [0.25, 0.3) is 5.88 Å². The molecule has 5 aromatic rings. The molecule has 3 aromatic heterocycles. The number of carboxylic acids is 1. The Hall–Kier alpha value is -5.38. The minimum atomic E-state index is -1.03. The Morgan fingerprint density at radius 1 is 1.09 bits per heavy atom. The van der Waals surface area contributed by atoms with Crippen molar-refractivity contribution in [2.45, 2.75) is 38.3 Å². The van der Waals surface area contributed by atoms with Gasteiger partial charge in [-0.1, -0.05) is 6.07 Å². The Labute approximate surface area is 254 Å². The number of imidazole rings is 1. The third-order valence-electron chi connectivity index (χ3n) is 8.79. The standard InChI is InChI=1S/C32H25F3N6O4/c33-22-11-18(15-36)1-2-20(22)17-45-30-24(35)13-23(34)29(39-30)40-8-5-32(6-9-40)14-21(32)28-38-25-4-3-19(31(42)43)12-26(25)41(28)16-27-37-7-10-44-27/h1-4,7,10-13,21H,5-6,8-9,14,16-17H2,(H,42,43). The Morgan fingerprint density at radius 3 is 2.62 bits per heavy atom. The molecule has 0 bridgehead atoms. The number of anilines is 1. The van der Waals surface area contributed by atoms with E-state index < -0.39 is 29.3 Å². The fraction of sp³-hybridized carbons (Fsp3) is 0.281. The zero-order valence-electron chi connectivity index (χ0n) is 23.7. The summed E-state index contributed by atoms with van der Waals surface area (Å²) in [5, 5.41) is 18.5. The van der Waals surface area contributed by atoms with Crippen molar-refractivity contribution in [1.82, 2.24) is 19.5 Å². The fourth-order valence-corrected chi connectivity index (χ4v) is 6.25. The summed E-state index contributed by atoms with van der Waals surface area (Å²) < 4.78 is 56.7. The average Bonchev–Trinajstić information content (AvgIpc) is 3.32. The lowest BCUT2D eigenvalue weighted by atomic mass is 9.90. The van der Waals surface area contributed by atoms with Crippen LogP contribution in [0.5, 0.6) is 5.88 Å². The van der Waals surface area contributed by atoms with Gasteiger partial charge in [-0.3, -0.25) is 0 Å². The van der Waals surface area contributed by atoms with E-state index in [4.69, 9.17) is 19.4 Å². The van der Waals surface area contributed by atoms with Crippen molar-refractivity contribution in [2.24, 2.45) is 5.41 Å². The second-order valence-electron chi connectivity index (χ2n) is 11.4. The van der Waals surface area contributed by atoms with E-state index in [1.807, 2.05) is 10.6 Å². The molecule has 10 nitrogen and oxygen atoms in total. The Balaban J connectivity index is 1.09. The zero-order chi connectivity index (χ0) is 31.3. The van der Waals surface area contributed by atoms with Crippen LogP contribution in [0.4, 0.5) is 19.0 Å². The molecule has 2 aliphatic rings. The first kappa shape index (κ1) is 28.4. The number of halogens is 3. The maximum atomic E-state index is 15.0. The summed E-state index contributed by atoms with van der Waals surface area (Å²) in [6.07, 6.45) is 5.28. The van der Waals surface area contributed by atoms with Crippen LogP contribution in [0.25, 0.3) is 11.0 Å². The van der Waals surface area contributed by atoms with Crippen LogP contribution >= 0.6 is 0 Å². The molecule has 1 atom stereocenters. The monoisotopic (exact) mass is 614 g/mol. The number of oxazole rings is 1. The van der Waals surface area contributed by atoms with Crippen LogP contribution in [0, 0.1) is 34.2 Å². The number of nitrogens with zero attached hydrogens (tertiary/aromatic N) is 6. The molecular formula is C32H25F3N6O4. The number of benzene rings is 2. The Kier molecular flexibility index (Phi) is 6.92. The molecule has 0 amide bonds. The van der Waals surface area contributed by atoms with Crippen molar-refractivity contribution in [2.75, 3.05) is 18.0 Å². The van der Waals surface area contributed by atoms with Crippen molar-refractivity contribution in [3.05, 3.63) is 101 Å². The highest BCUT2D eigenvalue weighted by atomic mass is 19.1. The lowest BCUT2D eigenvalue weighted by Gasteiger charge is -2.34. The summed E-state index contributed by atoms with van der Waals surface area (Å²) in [7, 11) is 0. The number of hydrogen-bond donors (Lipinski definition) is 1. The highest BCUT2D eigenvalue weighted by Crippen LogP contribution is 2.65. The predicted octanol–water partition coefficient (Wildman–Crippen LogP) is 5.81. The van der Waals surface area contributed by atoms with Crippen LogP contribution < -0.4 is 9.64 Å². The van der Waals surface area contributed by atoms with Gasteiger partial charge in [-0.2, -0.15) is 10.2 Å². The third-order valence-corrected chi connectivity index (χ3v) is 8.79. The molecule has 2 fully saturated rings. The SMILES string of the molecule is N#Cc1ccc(COc2nc(N3CCC4(CC3)CC4c3nc4ccc(C(=O)O)cc4n3Cc3ncco3)c(F)cc2F)c(F)c1. The molecule has 13 heteroatoms. The second kappa shape index (κ2) is 11.0. The van der Waals surface area contributed by atoms with Crippen molar-refractivity contribution in [3.63, 3.8) is 0 Å². The van der Waals surface area contributed by atoms with Crippen LogP contribution in [-0.2, 0) is 13.2 Å². The minimum Gasteiger partial charge on any atom is -0.478 e. The van der Waals surface area contributed by atoms with E-state index in [0.717, 1.165) is 18.3 Å². The number of carboxylic acid groups (broad SMARTS) is 1. The lowest BCUT2D eigenvalue weighted by molar-refractivity contribution is 0.0697. The molecule has 2 aromatic carbocycles. The van der Waals surface area contributed by atoms with Crippen LogP contribution in [0.2, 0.25) is 0 Å². The molecule has 1 aliphatic carbocycles. The zero-order valence-corrected chi connectivity index (χ0v) is 23.7. The molecule has 1 saturated carbocycles. The normalized spacial score (nSPS) is 17.0. The quantitative estimate of drug-likeness (QED) is 0.230. The number of rotatable bonds is 8. The van der Waals surface area contributed by atoms with Gasteiger partial charge >= 0.3 is 5.97 Å². The molecule has 45 heavy (non-hydrogen) atoms. The molecular weight excluding hydrogens is 589 g/mol. The van der Waals surface area contributed by atoms with Gasteiger partial charge in [-0.15, -0.1) is 0 Å². The van der Waals surface area contributed by atoms with E-state index in [2.05, 4.69) is 9.97 Å². The number of fused-ring (bicyclic) bond motifs is 1. The minimum absolute atomic E-state index is 0.0453. The number of pyridine rings is 1. The molecule has 4 heterocycles. The highest BCUT2D eigenvalue weighted by molar-refractivity contribution is 5.92. The molecule has 1 aliphatic heterocycles. The number of piperidine rings is 1. The van der Waals surface area contributed by atoms with Gasteiger partial charge in [-0.05, 0) is 55.0 Å². The summed E-state index contributed by atoms with van der Waals surface area (Å²) in [6.45, 7) is 0.859. The van der Waals surface area contributed by atoms with E-state index in [-0.39, 0.29) is 40.4 Å². The topological polar surface area (TPSA) is 130 Å². The first-order valence-corrected chi connectivity index (χ1v) is 14.3. The summed E-state index contributed by atoms with van der Waals surface area (Å²) in [4.78, 5) is 26.7. The van der Waals surface area contributed by atoms with Gasteiger partial charge in [0.2, 0.25) is 5.89 Å². The second-order valence-corrected chi connectivity index (χ2v) is 11.4. The lowest BCUT2D eigenvalue weighted by Crippen LogP contribution is -2.36. The van der Waals surface area contributed by atoms with Crippen molar-refractivity contribution in [3.8, 4) is 11.9 Å². The first-order valence-electron chi connectivity index (χ1n) is 14.3. The van der Waals surface area contributed by atoms with Gasteiger partial charge < -0.3 is 23.7 Å². The van der Waals surface area contributed by atoms with Crippen LogP contribution in [0.1, 0.15) is 58.4 Å². The molecule has 1 N–H and O–H groups in total. The Bertz CT molecular complexity index is 1980. The molecule has 1 spiro atoms. The van der Waals surface area contributed by atoms with Gasteiger partial charge in [-0.25, -0.2) is 27.9 Å². The van der Waals surface area contributed by atoms with Crippen molar-refractivity contribution < 1.29 is 32.2 Å². The number of aromatic carboxylic acids is 1. The highest BCUT2D eigenvalue weighted by Gasteiger charge is 2.57. The first-order chi connectivity index (χ1) is 21.7. The van der Waals surface area contributed by atoms with E-state index >= 15 is 0 Å². The summed E-state index contributed by atoms with van der Waals surface area (Å²) in [5.41, 5.74) is 1.66. The van der Waals surface area contributed by atoms with Crippen molar-refractivity contribution in [1.29, 1.82) is 5.26 Å². The number of nitriles is 1. The molecule has 228 valence electrons. The van der Waals surface area contributed by atoms with Crippen LogP contribution in [-0.4, -0.2) is 43.7 Å². The van der Waals surface area contributed by atoms with Crippen LogP contribution in [0.3, 0.4) is 0 Å². The number of ether oxygens (including phenoxy) is 1. The average molecular weight is 615 g/mol. The van der Waals surface area contributed by atoms with E-state index in [0.29, 0.717) is 55.5 Å². The number of aromatic nitrogens is 4. The fourth-order valence-electron chi connectivity index (χ4n) is 6.25. The number of hydrogen-bond acceptors (Lipinski definition) is 8. The molecule has 0 radical (unpaired) electrons. The van der Waals surface area contributed by atoms with E-state index in [9.17, 15) is 23.1 Å². The van der Waals surface area contributed by atoms with Gasteiger partial charge in [0, 0.05) is 30.6 Å². The van der Waals surface area contributed by atoms with Gasteiger partial charge in [0.05, 0.1) is 34.4 Å². The Morgan fingerprint density at radius 2 is 1.91 bits per heavy atom. The smallest absolute Gasteiger partial charge is 0.335 e. The largest absolute Gasteiger partial charge is 0.478 e. The third kappa shape index (κ3) is 5.22. The van der Waals surface area contributed by atoms with Crippen LogP contribution in [0.15, 0.2) is 59.3 Å². The maximum Gasteiger partial charge on any atom is 0.335 e. The maximum absolute atomic E-state index is 15.0.